The number of rotatable bonds is 4. The van der Waals surface area contributed by atoms with Crippen LogP contribution in [0.3, 0.4) is 0 Å². The molecule has 96 valence electrons. The van der Waals surface area contributed by atoms with Crippen LogP contribution in [0.4, 0.5) is 0 Å². The van der Waals surface area contributed by atoms with Crippen LogP contribution < -0.4 is 0 Å². The summed E-state index contributed by atoms with van der Waals surface area (Å²) < 4.78 is 5.33. The lowest BCUT2D eigenvalue weighted by Gasteiger charge is -2.11. The molecule has 1 unspecified atom stereocenters. The van der Waals surface area contributed by atoms with Crippen molar-refractivity contribution in [1.82, 2.24) is 0 Å². The average Bonchev–Trinajstić information content (AvgIpc) is 2.47. The number of ether oxygens (including phenoxy) is 1. The van der Waals surface area contributed by atoms with E-state index in [0.29, 0.717) is 0 Å². The number of carbonyl (C=O) groups is 1. The van der Waals surface area contributed by atoms with Crippen LogP contribution in [0, 0.1) is 0 Å². The fourth-order valence-corrected chi connectivity index (χ4v) is 1.73. The number of hydrogen-bond donors (Lipinski definition) is 0. The molecule has 1 atom stereocenters. The lowest BCUT2D eigenvalue weighted by Crippen LogP contribution is -2.05. The maximum absolute atomic E-state index is 11.7. The molecule has 2 heteroatoms. The van der Waals surface area contributed by atoms with Crippen molar-refractivity contribution in [2.75, 3.05) is 0 Å². The van der Waals surface area contributed by atoms with Crippen LogP contribution in [-0.2, 0) is 9.53 Å². The first kappa shape index (κ1) is 13.1. The molecule has 0 radical (unpaired) electrons. The predicted molar refractivity (Wildman–Crippen MR) is 76.4 cm³/mol. The number of hydrogen-bond acceptors (Lipinski definition) is 2. The molecule has 0 bridgehead atoms. The van der Waals surface area contributed by atoms with Gasteiger partial charge in [0.1, 0.15) is 6.10 Å². The molecule has 2 aromatic carbocycles. The highest BCUT2D eigenvalue weighted by Crippen LogP contribution is 2.16. The van der Waals surface area contributed by atoms with Gasteiger partial charge in [-0.3, -0.25) is 0 Å². The highest BCUT2D eigenvalue weighted by molar-refractivity contribution is 5.87. The molecular formula is C17H16O2. The Labute approximate surface area is 113 Å². The fourth-order valence-electron chi connectivity index (χ4n) is 1.73. The van der Waals surface area contributed by atoms with E-state index in [1.807, 2.05) is 67.6 Å². The normalized spacial score (nSPS) is 12.3. The molecule has 0 aliphatic rings. The summed E-state index contributed by atoms with van der Waals surface area (Å²) in [4.78, 5) is 11.7. The summed E-state index contributed by atoms with van der Waals surface area (Å²) >= 11 is 0. The lowest BCUT2D eigenvalue weighted by molar-refractivity contribution is -0.142. The van der Waals surface area contributed by atoms with E-state index >= 15 is 0 Å². The second-order valence-corrected chi connectivity index (χ2v) is 4.23. The van der Waals surface area contributed by atoms with Gasteiger partial charge in [0.15, 0.2) is 0 Å². The minimum Gasteiger partial charge on any atom is -0.455 e. The van der Waals surface area contributed by atoms with Crippen LogP contribution in [0.5, 0.6) is 0 Å². The van der Waals surface area contributed by atoms with Crippen LogP contribution in [0.25, 0.3) is 6.08 Å². The third-order valence-electron chi connectivity index (χ3n) is 2.77. The first-order valence-corrected chi connectivity index (χ1v) is 6.24. The SMILES string of the molecule is CC(OC(=O)/C=C/c1ccccc1)c1ccccc1. The summed E-state index contributed by atoms with van der Waals surface area (Å²) in [6.07, 6.45) is 2.96. The molecule has 0 N–H and O–H groups in total. The van der Waals surface area contributed by atoms with Crippen molar-refractivity contribution in [2.24, 2.45) is 0 Å². The van der Waals surface area contributed by atoms with Gasteiger partial charge in [0.25, 0.3) is 0 Å². The van der Waals surface area contributed by atoms with Gasteiger partial charge in [-0.05, 0) is 24.1 Å². The molecule has 2 rings (SSSR count). The fraction of sp³-hybridized carbons (Fsp3) is 0.118. The molecule has 0 aromatic heterocycles. The highest BCUT2D eigenvalue weighted by Gasteiger charge is 2.08. The first-order valence-electron chi connectivity index (χ1n) is 6.24. The zero-order valence-electron chi connectivity index (χ0n) is 10.8. The largest absolute Gasteiger partial charge is 0.455 e. The Hall–Kier alpha value is -2.35. The van der Waals surface area contributed by atoms with Crippen molar-refractivity contribution < 1.29 is 9.53 Å². The Bertz CT molecular complexity index is 544. The minimum atomic E-state index is -0.333. The van der Waals surface area contributed by atoms with E-state index in [9.17, 15) is 4.79 Å². The quantitative estimate of drug-likeness (QED) is 0.607. The topological polar surface area (TPSA) is 26.3 Å². The zero-order valence-corrected chi connectivity index (χ0v) is 10.8. The van der Waals surface area contributed by atoms with Gasteiger partial charge in [-0.2, -0.15) is 0 Å². The van der Waals surface area contributed by atoms with Crippen molar-refractivity contribution >= 4 is 12.0 Å². The van der Waals surface area contributed by atoms with Gasteiger partial charge in [-0.15, -0.1) is 0 Å². The summed E-state index contributed by atoms with van der Waals surface area (Å²) in [6, 6.07) is 19.3. The Morgan fingerprint density at radius 3 is 2.21 bits per heavy atom. The Morgan fingerprint density at radius 2 is 1.58 bits per heavy atom. The summed E-state index contributed by atoms with van der Waals surface area (Å²) in [7, 11) is 0. The minimum absolute atomic E-state index is 0.242. The average molecular weight is 252 g/mol. The maximum atomic E-state index is 11.7. The Balaban J connectivity index is 1.93. The summed E-state index contributed by atoms with van der Waals surface area (Å²) in [5.41, 5.74) is 1.97. The number of carbonyl (C=O) groups excluding carboxylic acids is 1. The van der Waals surface area contributed by atoms with Gasteiger partial charge in [0.05, 0.1) is 0 Å². The molecule has 0 spiro atoms. The zero-order chi connectivity index (χ0) is 13.5. The molecule has 19 heavy (non-hydrogen) atoms. The number of benzene rings is 2. The molecule has 0 aliphatic carbocycles. The predicted octanol–water partition coefficient (Wildman–Crippen LogP) is 4.00. The van der Waals surface area contributed by atoms with Crippen molar-refractivity contribution in [3.05, 3.63) is 77.9 Å². The third kappa shape index (κ3) is 4.11. The van der Waals surface area contributed by atoms with Crippen LogP contribution in [0.1, 0.15) is 24.2 Å². The van der Waals surface area contributed by atoms with E-state index in [-0.39, 0.29) is 12.1 Å². The first-order chi connectivity index (χ1) is 9.25. The molecule has 0 amide bonds. The Kier molecular flexibility index (Phi) is 4.51. The maximum Gasteiger partial charge on any atom is 0.331 e. The second kappa shape index (κ2) is 6.55. The standard InChI is InChI=1S/C17H16O2/c1-14(16-10-6-3-7-11-16)19-17(18)13-12-15-8-4-2-5-9-15/h2-14H,1H3/b13-12+. The molecule has 2 nitrogen and oxygen atoms in total. The Morgan fingerprint density at radius 1 is 1.00 bits per heavy atom. The van der Waals surface area contributed by atoms with Crippen LogP contribution in [0.2, 0.25) is 0 Å². The molecule has 2 aromatic rings. The molecule has 0 fully saturated rings. The molecular weight excluding hydrogens is 236 g/mol. The van der Waals surface area contributed by atoms with Gasteiger partial charge in [-0.25, -0.2) is 4.79 Å². The van der Waals surface area contributed by atoms with E-state index in [0.717, 1.165) is 11.1 Å². The number of esters is 1. The van der Waals surface area contributed by atoms with Crippen LogP contribution >= 0.6 is 0 Å². The van der Waals surface area contributed by atoms with E-state index in [1.54, 1.807) is 6.08 Å². The van der Waals surface area contributed by atoms with E-state index in [1.165, 1.54) is 6.08 Å². The van der Waals surface area contributed by atoms with E-state index in [2.05, 4.69) is 0 Å². The summed E-state index contributed by atoms with van der Waals surface area (Å²) in [5, 5.41) is 0. The van der Waals surface area contributed by atoms with Gasteiger partial charge in [0, 0.05) is 6.08 Å². The van der Waals surface area contributed by atoms with Crippen molar-refractivity contribution in [3.63, 3.8) is 0 Å². The van der Waals surface area contributed by atoms with Gasteiger partial charge >= 0.3 is 5.97 Å². The molecule has 0 saturated carbocycles. The smallest absolute Gasteiger partial charge is 0.331 e. The van der Waals surface area contributed by atoms with Gasteiger partial charge in [-0.1, -0.05) is 60.7 Å². The summed E-state index contributed by atoms with van der Waals surface area (Å²) in [6.45, 7) is 1.86. The monoisotopic (exact) mass is 252 g/mol. The van der Waals surface area contributed by atoms with Gasteiger partial charge in [0.2, 0.25) is 0 Å². The molecule has 0 heterocycles. The summed E-state index contributed by atoms with van der Waals surface area (Å²) in [5.74, 6) is -0.333. The highest BCUT2D eigenvalue weighted by atomic mass is 16.5. The van der Waals surface area contributed by atoms with E-state index < -0.39 is 0 Å². The van der Waals surface area contributed by atoms with Crippen molar-refractivity contribution in [3.8, 4) is 0 Å². The van der Waals surface area contributed by atoms with E-state index in [4.69, 9.17) is 4.74 Å². The van der Waals surface area contributed by atoms with Gasteiger partial charge < -0.3 is 4.74 Å². The third-order valence-corrected chi connectivity index (χ3v) is 2.77. The van der Waals surface area contributed by atoms with Crippen LogP contribution in [-0.4, -0.2) is 5.97 Å². The van der Waals surface area contributed by atoms with Crippen molar-refractivity contribution in [2.45, 2.75) is 13.0 Å². The van der Waals surface area contributed by atoms with Crippen LogP contribution in [0.15, 0.2) is 66.7 Å². The van der Waals surface area contributed by atoms with Crippen molar-refractivity contribution in [1.29, 1.82) is 0 Å². The molecule has 0 saturated heterocycles. The second-order valence-electron chi connectivity index (χ2n) is 4.23. The molecule has 0 aliphatic heterocycles. The lowest BCUT2D eigenvalue weighted by atomic mass is 10.1.